The third kappa shape index (κ3) is 2.74. The molecule has 0 radical (unpaired) electrons. The van der Waals surface area contributed by atoms with E-state index in [1.165, 1.54) is 0 Å². The molecule has 2 aromatic heterocycles. The van der Waals surface area contributed by atoms with Crippen LogP contribution in [-0.2, 0) is 0 Å². The number of carbonyl (C=O) groups is 2. The molecule has 0 atom stereocenters. The van der Waals surface area contributed by atoms with Crippen molar-refractivity contribution >= 4 is 17.5 Å². The van der Waals surface area contributed by atoms with E-state index in [1.807, 2.05) is 24.3 Å². The summed E-state index contributed by atoms with van der Waals surface area (Å²) in [5.74, 6) is 0.424. The van der Waals surface area contributed by atoms with Crippen LogP contribution in [0.15, 0.2) is 53.1 Å². The van der Waals surface area contributed by atoms with Crippen molar-refractivity contribution < 1.29 is 14.0 Å². The van der Waals surface area contributed by atoms with E-state index in [4.69, 9.17) is 4.42 Å². The average molecular weight is 377 g/mol. The number of aromatic amines is 1. The molecule has 2 aliphatic rings. The summed E-state index contributed by atoms with van der Waals surface area (Å²) in [4.78, 5) is 27.0. The molecular formula is C20H19N5O3. The van der Waals surface area contributed by atoms with Crippen LogP contribution in [0.3, 0.4) is 0 Å². The number of para-hydroxylation sites is 1. The van der Waals surface area contributed by atoms with Gasteiger partial charge >= 0.3 is 0 Å². The number of rotatable bonds is 2. The fourth-order valence-corrected chi connectivity index (χ4v) is 3.86. The third-order valence-corrected chi connectivity index (χ3v) is 5.39. The molecule has 0 aliphatic carbocycles. The topological polar surface area (TPSA) is 103 Å². The first-order valence-electron chi connectivity index (χ1n) is 9.22. The van der Waals surface area contributed by atoms with Gasteiger partial charge in [0, 0.05) is 37.7 Å². The Morgan fingerprint density at radius 2 is 1.93 bits per heavy atom. The molecule has 2 amide bonds. The highest BCUT2D eigenvalue weighted by Gasteiger charge is 2.41. The number of piperidine rings is 1. The minimum atomic E-state index is -0.521. The largest absolute Gasteiger partial charge is 0.463 e. The Bertz CT molecular complexity index is 1030. The maximum atomic E-state index is 12.8. The summed E-state index contributed by atoms with van der Waals surface area (Å²) >= 11 is 0. The van der Waals surface area contributed by atoms with E-state index in [0.717, 1.165) is 5.69 Å². The number of carbonyl (C=O) groups excluding carboxylic acids is 2. The molecule has 8 heteroatoms. The fraction of sp³-hybridized carbons (Fsp3) is 0.250. The van der Waals surface area contributed by atoms with Gasteiger partial charge in [0.05, 0.1) is 11.8 Å². The smallest absolute Gasteiger partial charge is 0.274 e. The third-order valence-electron chi connectivity index (χ3n) is 5.39. The Morgan fingerprint density at radius 1 is 1.11 bits per heavy atom. The van der Waals surface area contributed by atoms with Gasteiger partial charge in [-0.25, -0.2) is 0 Å². The molecule has 5 rings (SSSR count). The molecule has 2 aliphatic heterocycles. The number of nitrogens with zero attached hydrogens (tertiary/aromatic N) is 2. The Morgan fingerprint density at radius 3 is 2.71 bits per heavy atom. The van der Waals surface area contributed by atoms with Gasteiger partial charge in [0.1, 0.15) is 11.4 Å². The number of aromatic nitrogens is 2. The molecule has 3 N–H and O–H groups in total. The maximum absolute atomic E-state index is 12.8. The second-order valence-corrected chi connectivity index (χ2v) is 7.14. The molecular weight excluding hydrogens is 358 g/mol. The summed E-state index contributed by atoms with van der Waals surface area (Å²) in [6.45, 7) is 1.05. The number of furan rings is 1. The molecule has 142 valence electrons. The van der Waals surface area contributed by atoms with Gasteiger partial charge in [-0.1, -0.05) is 12.1 Å². The normalized spacial score (nSPS) is 17.7. The Hall–Kier alpha value is -3.55. The van der Waals surface area contributed by atoms with Crippen molar-refractivity contribution in [3.05, 3.63) is 60.0 Å². The van der Waals surface area contributed by atoms with Gasteiger partial charge in [-0.05, 0) is 24.3 Å². The van der Waals surface area contributed by atoms with Crippen LogP contribution in [0, 0.1) is 0 Å². The van der Waals surface area contributed by atoms with Crippen LogP contribution in [0.25, 0.3) is 11.5 Å². The van der Waals surface area contributed by atoms with E-state index < -0.39 is 5.66 Å². The molecule has 0 unspecified atom stereocenters. The molecule has 0 saturated carbocycles. The highest BCUT2D eigenvalue weighted by molar-refractivity contribution is 6.02. The first-order valence-corrected chi connectivity index (χ1v) is 9.22. The van der Waals surface area contributed by atoms with Crippen molar-refractivity contribution in [1.82, 2.24) is 20.4 Å². The van der Waals surface area contributed by atoms with E-state index in [0.29, 0.717) is 48.6 Å². The number of nitrogens with one attached hydrogen (secondary N) is 3. The number of benzene rings is 1. The van der Waals surface area contributed by atoms with E-state index in [2.05, 4.69) is 20.8 Å². The highest BCUT2D eigenvalue weighted by atomic mass is 16.3. The maximum Gasteiger partial charge on any atom is 0.274 e. The van der Waals surface area contributed by atoms with Crippen LogP contribution in [-0.4, -0.2) is 45.7 Å². The Balaban J connectivity index is 1.29. The van der Waals surface area contributed by atoms with Gasteiger partial charge in [-0.3, -0.25) is 14.7 Å². The SMILES string of the molecule is O=C1NC2(CCN(C(=O)c3cc(-c4ccco4)[nH]n3)CC2)Nc2ccccc21. The second-order valence-electron chi connectivity index (χ2n) is 7.14. The van der Waals surface area contributed by atoms with Crippen molar-refractivity contribution in [1.29, 1.82) is 0 Å². The number of hydrogen-bond donors (Lipinski definition) is 3. The molecule has 1 spiro atoms. The molecule has 1 saturated heterocycles. The summed E-state index contributed by atoms with van der Waals surface area (Å²) in [7, 11) is 0. The van der Waals surface area contributed by atoms with E-state index >= 15 is 0 Å². The van der Waals surface area contributed by atoms with Crippen LogP contribution in [0.5, 0.6) is 0 Å². The number of H-pyrrole nitrogens is 1. The number of amides is 2. The number of fused-ring (bicyclic) bond motifs is 1. The minimum absolute atomic E-state index is 0.0792. The quantitative estimate of drug-likeness (QED) is 0.637. The van der Waals surface area contributed by atoms with Crippen LogP contribution >= 0.6 is 0 Å². The van der Waals surface area contributed by atoms with Gasteiger partial charge < -0.3 is 20.0 Å². The average Bonchev–Trinajstić information content (AvgIpc) is 3.40. The summed E-state index contributed by atoms with van der Waals surface area (Å²) in [5.41, 5.74) is 1.98. The van der Waals surface area contributed by atoms with E-state index in [-0.39, 0.29) is 11.8 Å². The summed E-state index contributed by atoms with van der Waals surface area (Å²) in [6, 6.07) is 12.8. The predicted octanol–water partition coefficient (Wildman–Crippen LogP) is 2.46. The molecule has 0 bridgehead atoms. The zero-order chi connectivity index (χ0) is 19.1. The van der Waals surface area contributed by atoms with E-state index in [1.54, 1.807) is 29.4 Å². The van der Waals surface area contributed by atoms with Gasteiger partial charge in [-0.15, -0.1) is 0 Å². The van der Waals surface area contributed by atoms with Gasteiger partial charge in [0.25, 0.3) is 11.8 Å². The molecule has 28 heavy (non-hydrogen) atoms. The summed E-state index contributed by atoms with van der Waals surface area (Å²) in [6.07, 6.45) is 2.81. The van der Waals surface area contributed by atoms with Crippen molar-refractivity contribution in [3.63, 3.8) is 0 Å². The first kappa shape index (κ1) is 16.6. The molecule has 3 aromatic rings. The standard InChI is InChI=1S/C20H19N5O3/c26-18-13-4-1-2-5-14(13)21-20(22-18)7-9-25(10-8-20)19(27)16-12-15(23-24-16)17-6-3-11-28-17/h1-6,11-12,21H,7-10H2,(H,22,26)(H,23,24). The highest BCUT2D eigenvalue weighted by Crippen LogP contribution is 2.31. The first-order chi connectivity index (χ1) is 13.6. The van der Waals surface area contributed by atoms with Crippen LogP contribution in [0.4, 0.5) is 5.69 Å². The Kier molecular flexibility index (Phi) is 3.71. The van der Waals surface area contributed by atoms with Crippen molar-refractivity contribution in [3.8, 4) is 11.5 Å². The molecule has 1 aromatic carbocycles. The lowest BCUT2D eigenvalue weighted by molar-refractivity contribution is 0.0634. The molecule has 1 fully saturated rings. The van der Waals surface area contributed by atoms with Crippen LogP contribution < -0.4 is 10.6 Å². The van der Waals surface area contributed by atoms with Gasteiger partial charge in [-0.2, -0.15) is 5.10 Å². The van der Waals surface area contributed by atoms with Crippen LogP contribution in [0.1, 0.15) is 33.7 Å². The lowest BCUT2D eigenvalue weighted by Gasteiger charge is -2.45. The molecule has 8 nitrogen and oxygen atoms in total. The minimum Gasteiger partial charge on any atom is -0.463 e. The lowest BCUT2D eigenvalue weighted by Crippen LogP contribution is -2.62. The van der Waals surface area contributed by atoms with Gasteiger partial charge in [0.2, 0.25) is 0 Å². The number of likely N-dealkylation sites (tertiary alicyclic amines) is 1. The molecule has 4 heterocycles. The monoisotopic (exact) mass is 377 g/mol. The zero-order valence-electron chi connectivity index (χ0n) is 15.1. The van der Waals surface area contributed by atoms with Crippen molar-refractivity contribution in [2.75, 3.05) is 18.4 Å². The number of anilines is 1. The van der Waals surface area contributed by atoms with Crippen LogP contribution in [0.2, 0.25) is 0 Å². The van der Waals surface area contributed by atoms with E-state index in [9.17, 15) is 9.59 Å². The van der Waals surface area contributed by atoms with Crippen molar-refractivity contribution in [2.24, 2.45) is 0 Å². The second kappa shape index (κ2) is 6.26. The predicted molar refractivity (Wildman–Crippen MR) is 102 cm³/mol. The zero-order valence-corrected chi connectivity index (χ0v) is 15.1. The summed E-state index contributed by atoms with van der Waals surface area (Å²) < 4.78 is 5.33. The van der Waals surface area contributed by atoms with Gasteiger partial charge in [0.15, 0.2) is 11.5 Å². The summed E-state index contributed by atoms with van der Waals surface area (Å²) in [5, 5.41) is 13.5. The Labute approximate surface area is 160 Å². The fourth-order valence-electron chi connectivity index (χ4n) is 3.86. The van der Waals surface area contributed by atoms with Crippen molar-refractivity contribution in [2.45, 2.75) is 18.5 Å². The number of hydrogen-bond acceptors (Lipinski definition) is 5. The lowest BCUT2D eigenvalue weighted by atomic mass is 9.92.